The summed E-state index contributed by atoms with van der Waals surface area (Å²) in [6.45, 7) is 0.419. The number of carbonyl (C=O) groups is 3. The molecule has 8 nitrogen and oxygen atoms in total. The monoisotopic (exact) mass is 575 g/mol. The van der Waals surface area contributed by atoms with Crippen molar-refractivity contribution >= 4 is 40.7 Å². The van der Waals surface area contributed by atoms with Crippen LogP contribution in [-0.2, 0) is 25.7 Å². The molecule has 1 fully saturated rings. The zero-order valence-electron chi connectivity index (χ0n) is 22.1. The fourth-order valence-corrected chi connectivity index (χ4v) is 4.94. The Kier molecular flexibility index (Phi) is 8.56. The first-order valence-electron chi connectivity index (χ1n) is 13.0. The van der Waals surface area contributed by atoms with Gasteiger partial charge in [0.05, 0.1) is 48.8 Å². The van der Waals surface area contributed by atoms with Crippen LogP contribution in [0.25, 0.3) is 0 Å². The molecule has 10 heteroatoms. The number of methoxy groups -OCH3 is 1. The summed E-state index contributed by atoms with van der Waals surface area (Å²) in [6, 6.07) is 14.8. The standard InChI is InChI=1S/C31H27ClFN3O5/c1-40-21-10-6-18(7-11-21)16-41-17-23-28(29(23)31(39)36-27-13-9-20(32)15-34-27)30(38)35-25-12-8-19(14-24(25)33)22-4-2-3-5-26(22)37/h2-15,22-23,28-29H,16-17H2,1H3,(H,35,38)(H,34,36,39). The highest BCUT2D eigenvalue weighted by molar-refractivity contribution is 6.30. The quantitative estimate of drug-likeness (QED) is 0.339. The molecule has 2 aliphatic rings. The van der Waals surface area contributed by atoms with E-state index in [1.165, 1.54) is 24.4 Å². The number of ether oxygens (including phenoxy) is 2. The van der Waals surface area contributed by atoms with Crippen LogP contribution in [0.15, 0.2) is 85.1 Å². The summed E-state index contributed by atoms with van der Waals surface area (Å²) in [5, 5.41) is 5.74. The number of ketones is 1. The minimum absolute atomic E-state index is 0.0372. The van der Waals surface area contributed by atoms with E-state index in [-0.39, 0.29) is 24.7 Å². The van der Waals surface area contributed by atoms with E-state index in [0.717, 1.165) is 11.3 Å². The van der Waals surface area contributed by atoms with Crippen LogP contribution in [0.1, 0.15) is 17.0 Å². The fourth-order valence-electron chi connectivity index (χ4n) is 4.83. The van der Waals surface area contributed by atoms with Gasteiger partial charge in [-0.1, -0.05) is 48.0 Å². The summed E-state index contributed by atoms with van der Waals surface area (Å²) < 4.78 is 26.0. The molecule has 0 aliphatic heterocycles. The molecule has 1 heterocycles. The molecule has 2 aromatic carbocycles. The molecule has 0 bridgehead atoms. The van der Waals surface area contributed by atoms with Crippen molar-refractivity contribution in [1.82, 2.24) is 4.98 Å². The van der Waals surface area contributed by atoms with Crippen molar-refractivity contribution in [2.75, 3.05) is 24.4 Å². The van der Waals surface area contributed by atoms with E-state index in [0.29, 0.717) is 16.4 Å². The molecular formula is C31H27ClFN3O5. The van der Waals surface area contributed by atoms with Crippen molar-refractivity contribution in [3.8, 4) is 5.75 Å². The van der Waals surface area contributed by atoms with Crippen molar-refractivity contribution in [3.05, 3.63) is 107 Å². The molecule has 210 valence electrons. The minimum atomic E-state index is -0.745. The summed E-state index contributed by atoms with van der Waals surface area (Å²) in [5.41, 5.74) is 1.35. The Morgan fingerprint density at radius 2 is 1.76 bits per heavy atom. The lowest BCUT2D eigenvalue weighted by molar-refractivity contribution is -0.122. The maximum absolute atomic E-state index is 15.0. The van der Waals surface area contributed by atoms with Crippen LogP contribution in [0.3, 0.4) is 0 Å². The van der Waals surface area contributed by atoms with Crippen LogP contribution in [0, 0.1) is 23.6 Å². The van der Waals surface area contributed by atoms with Crippen molar-refractivity contribution in [2.24, 2.45) is 17.8 Å². The average molecular weight is 576 g/mol. The van der Waals surface area contributed by atoms with E-state index in [1.54, 1.807) is 43.5 Å². The van der Waals surface area contributed by atoms with Gasteiger partial charge in [0.1, 0.15) is 17.4 Å². The minimum Gasteiger partial charge on any atom is -0.497 e. The van der Waals surface area contributed by atoms with Gasteiger partial charge in [-0.25, -0.2) is 9.37 Å². The lowest BCUT2D eigenvalue weighted by atomic mass is 9.91. The Bertz CT molecular complexity index is 1510. The SMILES string of the molecule is COc1ccc(COCC2C(C(=O)Nc3ccc(Cl)cn3)C2C(=O)Nc2ccc(C3C=CC=CC3=O)cc2F)cc1. The highest BCUT2D eigenvalue weighted by Gasteiger charge is 2.59. The van der Waals surface area contributed by atoms with Gasteiger partial charge in [0.25, 0.3) is 0 Å². The molecule has 2 N–H and O–H groups in total. The first-order chi connectivity index (χ1) is 19.8. The van der Waals surface area contributed by atoms with Crippen molar-refractivity contribution < 1.29 is 28.2 Å². The predicted octanol–water partition coefficient (Wildman–Crippen LogP) is 5.32. The first kappa shape index (κ1) is 28.2. The van der Waals surface area contributed by atoms with E-state index in [1.807, 2.05) is 24.3 Å². The van der Waals surface area contributed by atoms with Crippen LogP contribution in [0.4, 0.5) is 15.9 Å². The second-order valence-electron chi connectivity index (χ2n) is 9.78. The van der Waals surface area contributed by atoms with Crippen molar-refractivity contribution in [1.29, 1.82) is 0 Å². The third kappa shape index (κ3) is 6.70. The zero-order valence-corrected chi connectivity index (χ0v) is 22.8. The number of halogens is 2. The smallest absolute Gasteiger partial charge is 0.229 e. The normalized spacial score (nSPS) is 20.9. The van der Waals surface area contributed by atoms with Crippen LogP contribution in [0.2, 0.25) is 5.02 Å². The third-order valence-corrected chi connectivity index (χ3v) is 7.31. The van der Waals surface area contributed by atoms with Crippen LogP contribution < -0.4 is 15.4 Å². The van der Waals surface area contributed by atoms with Crippen LogP contribution in [-0.4, -0.2) is 36.3 Å². The first-order valence-corrected chi connectivity index (χ1v) is 13.3. The topological polar surface area (TPSA) is 107 Å². The van der Waals surface area contributed by atoms with Crippen LogP contribution in [0.5, 0.6) is 5.75 Å². The number of amides is 2. The number of hydrogen-bond donors (Lipinski definition) is 2. The Labute approximate surface area is 241 Å². The molecular weight excluding hydrogens is 549 g/mol. The maximum Gasteiger partial charge on any atom is 0.229 e. The van der Waals surface area contributed by atoms with Crippen molar-refractivity contribution in [3.63, 3.8) is 0 Å². The van der Waals surface area contributed by atoms with Gasteiger partial charge in [0, 0.05) is 12.1 Å². The third-order valence-electron chi connectivity index (χ3n) is 7.08. The van der Waals surface area contributed by atoms with E-state index < -0.39 is 41.3 Å². The number of nitrogens with zero attached hydrogens (tertiary/aromatic N) is 1. The molecule has 0 saturated heterocycles. The summed E-state index contributed by atoms with van der Waals surface area (Å²) in [6.07, 6.45) is 7.89. The highest BCUT2D eigenvalue weighted by Crippen LogP contribution is 2.48. The molecule has 0 spiro atoms. The second-order valence-corrected chi connectivity index (χ2v) is 10.2. The number of benzene rings is 2. The number of hydrogen-bond acceptors (Lipinski definition) is 6. The van der Waals surface area contributed by atoms with Gasteiger partial charge in [0.15, 0.2) is 5.78 Å². The van der Waals surface area contributed by atoms with Gasteiger partial charge in [-0.15, -0.1) is 0 Å². The lowest BCUT2D eigenvalue weighted by Crippen LogP contribution is -2.21. The molecule has 3 aromatic rings. The molecule has 41 heavy (non-hydrogen) atoms. The number of allylic oxidation sites excluding steroid dienone is 4. The molecule has 2 amide bonds. The van der Waals surface area contributed by atoms with Crippen molar-refractivity contribution in [2.45, 2.75) is 12.5 Å². The molecule has 1 saturated carbocycles. The molecule has 1 aromatic heterocycles. The number of carbonyl (C=O) groups excluding carboxylic acids is 3. The molecule has 2 aliphatic carbocycles. The number of aromatic nitrogens is 1. The molecule has 4 atom stereocenters. The van der Waals surface area contributed by atoms with E-state index >= 15 is 0 Å². The highest BCUT2D eigenvalue weighted by atomic mass is 35.5. The van der Waals surface area contributed by atoms with Crippen LogP contribution >= 0.6 is 11.6 Å². The summed E-state index contributed by atoms with van der Waals surface area (Å²) >= 11 is 5.88. The lowest BCUT2D eigenvalue weighted by Gasteiger charge is -2.14. The van der Waals surface area contributed by atoms with E-state index in [2.05, 4.69) is 15.6 Å². The number of pyridine rings is 1. The molecule has 0 radical (unpaired) electrons. The van der Waals surface area contributed by atoms with Gasteiger partial charge < -0.3 is 20.1 Å². The number of nitrogens with one attached hydrogen (secondary N) is 2. The molecule has 4 unspecified atom stereocenters. The van der Waals surface area contributed by atoms with Gasteiger partial charge in [-0.05, 0) is 53.6 Å². The summed E-state index contributed by atoms with van der Waals surface area (Å²) in [5.74, 6) is -3.17. The summed E-state index contributed by atoms with van der Waals surface area (Å²) in [7, 11) is 1.58. The Morgan fingerprint density at radius 1 is 1.00 bits per heavy atom. The van der Waals surface area contributed by atoms with Gasteiger partial charge in [-0.2, -0.15) is 0 Å². The summed E-state index contributed by atoms with van der Waals surface area (Å²) in [4.78, 5) is 42.6. The largest absolute Gasteiger partial charge is 0.497 e. The van der Waals surface area contributed by atoms with E-state index in [4.69, 9.17) is 21.1 Å². The number of rotatable bonds is 10. The average Bonchev–Trinajstić information content (AvgIpc) is 3.70. The zero-order chi connectivity index (χ0) is 28.9. The fraction of sp³-hybridized carbons (Fsp3) is 0.226. The van der Waals surface area contributed by atoms with Gasteiger partial charge >= 0.3 is 0 Å². The predicted molar refractivity (Wildman–Crippen MR) is 152 cm³/mol. The Morgan fingerprint density at radius 3 is 2.41 bits per heavy atom. The number of anilines is 2. The Hall–Kier alpha value is -4.34. The Balaban J connectivity index is 1.26. The van der Waals surface area contributed by atoms with Gasteiger partial charge in [-0.3, -0.25) is 14.4 Å². The second kappa shape index (κ2) is 12.4. The maximum atomic E-state index is 15.0. The molecule has 5 rings (SSSR count). The van der Waals surface area contributed by atoms with Gasteiger partial charge in [0.2, 0.25) is 11.8 Å². The van der Waals surface area contributed by atoms with E-state index in [9.17, 15) is 18.8 Å².